The average Bonchev–Trinajstić information content (AvgIpc) is 2.46. The van der Waals surface area contributed by atoms with Crippen molar-refractivity contribution in [3.05, 3.63) is 36.2 Å². The van der Waals surface area contributed by atoms with Crippen molar-refractivity contribution in [1.29, 1.82) is 0 Å². The van der Waals surface area contributed by atoms with Crippen molar-refractivity contribution in [2.45, 2.75) is 6.61 Å². The van der Waals surface area contributed by atoms with Gasteiger partial charge < -0.3 is 20.5 Å². The zero-order valence-electron chi connectivity index (χ0n) is 11.4. The second-order valence-electron chi connectivity index (χ2n) is 4.02. The van der Waals surface area contributed by atoms with Crippen LogP contribution in [0, 0.1) is 0 Å². The highest BCUT2D eigenvalue weighted by Gasteiger charge is 2.08. The molecule has 1 heterocycles. The molecule has 3 N–H and O–H groups in total. The molecule has 0 spiro atoms. The molecule has 8 nitrogen and oxygen atoms in total. The maximum absolute atomic E-state index is 11.2. The minimum absolute atomic E-state index is 0.0428. The number of benzene rings is 1. The lowest BCUT2D eigenvalue weighted by molar-refractivity contribution is -0.149. The summed E-state index contributed by atoms with van der Waals surface area (Å²) in [5, 5.41) is 2.99. The number of rotatable bonds is 6. The SMILES string of the molecule is COCC(=O)OCc1nc(N)nc(Nc2ccccc2)n1. The molecule has 0 bridgehead atoms. The topological polar surface area (TPSA) is 112 Å². The number of anilines is 3. The Morgan fingerprint density at radius 1 is 1.24 bits per heavy atom. The van der Waals surface area contributed by atoms with Gasteiger partial charge in [-0.3, -0.25) is 0 Å². The summed E-state index contributed by atoms with van der Waals surface area (Å²) in [5.41, 5.74) is 6.42. The van der Waals surface area contributed by atoms with Crippen LogP contribution < -0.4 is 11.1 Å². The van der Waals surface area contributed by atoms with Crippen LogP contribution in [0.5, 0.6) is 0 Å². The van der Waals surface area contributed by atoms with Crippen molar-refractivity contribution in [3.63, 3.8) is 0 Å². The van der Waals surface area contributed by atoms with Crippen LogP contribution in [0.25, 0.3) is 0 Å². The highest BCUT2D eigenvalue weighted by Crippen LogP contribution is 2.12. The van der Waals surface area contributed by atoms with Gasteiger partial charge in [-0.2, -0.15) is 15.0 Å². The Kier molecular flexibility index (Phi) is 4.99. The number of para-hydroxylation sites is 1. The van der Waals surface area contributed by atoms with E-state index in [0.29, 0.717) is 0 Å². The van der Waals surface area contributed by atoms with Gasteiger partial charge in [0.1, 0.15) is 6.61 Å². The van der Waals surface area contributed by atoms with Crippen LogP contribution in [0.1, 0.15) is 5.82 Å². The summed E-state index contributed by atoms with van der Waals surface area (Å²) in [6.45, 7) is -0.228. The molecule has 0 unspecified atom stereocenters. The number of hydrogen-bond acceptors (Lipinski definition) is 8. The highest BCUT2D eigenvalue weighted by molar-refractivity contribution is 5.70. The highest BCUT2D eigenvalue weighted by atomic mass is 16.6. The summed E-state index contributed by atoms with van der Waals surface area (Å²) in [6, 6.07) is 9.37. The number of carbonyl (C=O) groups excluding carboxylic acids is 1. The number of nitrogens with zero attached hydrogens (tertiary/aromatic N) is 3. The Bertz CT molecular complexity index is 606. The lowest BCUT2D eigenvalue weighted by atomic mass is 10.3. The number of hydrogen-bond donors (Lipinski definition) is 2. The van der Waals surface area contributed by atoms with Crippen molar-refractivity contribution in [1.82, 2.24) is 15.0 Å². The van der Waals surface area contributed by atoms with Crippen LogP contribution in [-0.4, -0.2) is 34.6 Å². The molecule has 2 aromatic rings. The first-order chi connectivity index (χ1) is 10.2. The molecule has 2 rings (SSSR count). The third-order valence-corrected chi connectivity index (χ3v) is 2.35. The van der Waals surface area contributed by atoms with E-state index >= 15 is 0 Å². The van der Waals surface area contributed by atoms with E-state index in [1.807, 2.05) is 30.3 Å². The zero-order valence-corrected chi connectivity index (χ0v) is 11.4. The Labute approximate surface area is 121 Å². The lowest BCUT2D eigenvalue weighted by Gasteiger charge is -2.07. The van der Waals surface area contributed by atoms with Crippen molar-refractivity contribution in [2.75, 3.05) is 24.8 Å². The monoisotopic (exact) mass is 289 g/mol. The fourth-order valence-corrected chi connectivity index (χ4v) is 1.51. The minimum atomic E-state index is -0.506. The Hall–Kier alpha value is -2.74. The van der Waals surface area contributed by atoms with Gasteiger partial charge in [0.25, 0.3) is 0 Å². The number of nitrogens with two attached hydrogens (primary N) is 1. The maximum atomic E-state index is 11.2. The molecule has 0 aliphatic heterocycles. The Morgan fingerprint density at radius 2 is 2.00 bits per heavy atom. The van der Waals surface area contributed by atoms with Crippen LogP contribution in [-0.2, 0) is 20.9 Å². The summed E-state index contributed by atoms with van der Waals surface area (Å²) in [6.07, 6.45) is 0. The first-order valence-corrected chi connectivity index (χ1v) is 6.14. The fourth-order valence-electron chi connectivity index (χ4n) is 1.51. The summed E-state index contributed by atoms with van der Waals surface area (Å²) < 4.78 is 9.58. The van der Waals surface area contributed by atoms with Crippen molar-refractivity contribution in [2.24, 2.45) is 0 Å². The van der Waals surface area contributed by atoms with Gasteiger partial charge in [0, 0.05) is 12.8 Å². The molecule has 0 atom stereocenters. The summed E-state index contributed by atoms with van der Waals surface area (Å²) in [5.74, 6) is 0.0761. The molecule has 110 valence electrons. The number of aromatic nitrogens is 3. The summed E-state index contributed by atoms with van der Waals surface area (Å²) >= 11 is 0. The second kappa shape index (κ2) is 7.15. The number of methoxy groups -OCH3 is 1. The number of nitrogens with one attached hydrogen (secondary N) is 1. The van der Waals surface area contributed by atoms with Crippen LogP contribution >= 0.6 is 0 Å². The van der Waals surface area contributed by atoms with E-state index in [1.165, 1.54) is 7.11 Å². The number of carbonyl (C=O) groups is 1. The Balaban J connectivity index is 2.05. The van der Waals surface area contributed by atoms with Crippen LogP contribution in [0.15, 0.2) is 30.3 Å². The van der Waals surface area contributed by atoms with Crippen molar-refractivity contribution in [3.8, 4) is 0 Å². The first kappa shape index (κ1) is 14.7. The minimum Gasteiger partial charge on any atom is -0.456 e. The predicted octanol–water partition coefficient (Wildman–Crippen LogP) is 0.887. The molecule has 0 saturated heterocycles. The van der Waals surface area contributed by atoms with Gasteiger partial charge in [0.15, 0.2) is 12.4 Å². The molecule has 21 heavy (non-hydrogen) atoms. The Morgan fingerprint density at radius 3 is 2.71 bits per heavy atom. The van der Waals surface area contributed by atoms with Crippen LogP contribution in [0.3, 0.4) is 0 Å². The molecule has 1 aromatic heterocycles. The van der Waals surface area contributed by atoms with Gasteiger partial charge in [-0.25, -0.2) is 4.79 Å². The van der Waals surface area contributed by atoms with Gasteiger partial charge in [-0.1, -0.05) is 18.2 Å². The lowest BCUT2D eigenvalue weighted by Crippen LogP contribution is -2.14. The van der Waals surface area contributed by atoms with Gasteiger partial charge in [0.2, 0.25) is 11.9 Å². The van der Waals surface area contributed by atoms with E-state index in [4.69, 9.17) is 10.5 Å². The normalized spacial score (nSPS) is 10.1. The first-order valence-electron chi connectivity index (χ1n) is 6.14. The zero-order chi connectivity index (χ0) is 15.1. The molecule has 0 saturated carbocycles. The molecule has 0 aliphatic rings. The van der Waals surface area contributed by atoms with E-state index in [-0.39, 0.29) is 30.9 Å². The van der Waals surface area contributed by atoms with Gasteiger partial charge >= 0.3 is 5.97 Å². The molecular formula is C13H15N5O3. The van der Waals surface area contributed by atoms with Gasteiger partial charge in [0.05, 0.1) is 0 Å². The van der Waals surface area contributed by atoms with E-state index in [1.54, 1.807) is 0 Å². The van der Waals surface area contributed by atoms with E-state index in [2.05, 4.69) is 25.0 Å². The molecule has 0 radical (unpaired) electrons. The predicted molar refractivity (Wildman–Crippen MR) is 75.6 cm³/mol. The number of esters is 1. The largest absolute Gasteiger partial charge is 0.456 e. The molecule has 0 aliphatic carbocycles. The number of nitrogen functional groups attached to an aromatic ring is 1. The third-order valence-electron chi connectivity index (χ3n) is 2.35. The van der Waals surface area contributed by atoms with E-state index in [0.717, 1.165) is 5.69 Å². The molecule has 1 aromatic carbocycles. The summed E-state index contributed by atoms with van der Waals surface area (Å²) in [4.78, 5) is 23.2. The standard InChI is InChI=1S/C13H15N5O3/c1-20-8-11(19)21-7-10-16-12(14)18-13(17-10)15-9-5-3-2-4-6-9/h2-6H,7-8H2,1H3,(H3,14,15,16,17,18). The summed E-state index contributed by atoms with van der Waals surface area (Å²) in [7, 11) is 1.41. The number of ether oxygens (including phenoxy) is 2. The van der Waals surface area contributed by atoms with E-state index < -0.39 is 5.97 Å². The van der Waals surface area contributed by atoms with Gasteiger partial charge in [-0.15, -0.1) is 0 Å². The third kappa shape index (κ3) is 4.69. The molecule has 0 fully saturated rings. The van der Waals surface area contributed by atoms with Crippen molar-refractivity contribution >= 4 is 23.6 Å². The quantitative estimate of drug-likeness (QED) is 0.754. The van der Waals surface area contributed by atoms with E-state index in [9.17, 15) is 4.79 Å². The van der Waals surface area contributed by atoms with Gasteiger partial charge in [-0.05, 0) is 12.1 Å². The van der Waals surface area contributed by atoms with Crippen LogP contribution in [0.2, 0.25) is 0 Å². The van der Waals surface area contributed by atoms with Crippen LogP contribution in [0.4, 0.5) is 17.6 Å². The average molecular weight is 289 g/mol. The van der Waals surface area contributed by atoms with Crippen molar-refractivity contribution < 1.29 is 14.3 Å². The molecule has 0 amide bonds. The second-order valence-corrected chi connectivity index (χ2v) is 4.02. The smallest absolute Gasteiger partial charge is 0.332 e. The molecular weight excluding hydrogens is 274 g/mol. The fraction of sp³-hybridized carbons (Fsp3) is 0.231. The molecule has 8 heteroatoms. The maximum Gasteiger partial charge on any atom is 0.332 e.